The van der Waals surface area contributed by atoms with Gasteiger partial charge in [-0.05, 0) is 30.2 Å². The summed E-state index contributed by atoms with van der Waals surface area (Å²) in [5.41, 5.74) is 0.606. The Bertz CT molecular complexity index is 699. The molecule has 0 heterocycles. The molecule has 2 nitrogen and oxygen atoms in total. The van der Waals surface area contributed by atoms with Crippen molar-refractivity contribution < 1.29 is 18.3 Å². The standard InChI is InChI=1S/C16H13ClF2O2/c1-9-7-12(16(20)21-2)11(15(19)14(9)18)8-10-5-3-4-6-13(10)17/h3-7H,8H2,1-2H3. The molecule has 0 amide bonds. The van der Waals surface area contributed by atoms with Crippen LogP contribution >= 0.6 is 11.6 Å². The quantitative estimate of drug-likeness (QED) is 0.790. The molecule has 21 heavy (non-hydrogen) atoms. The number of hydrogen-bond acceptors (Lipinski definition) is 2. The predicted molar refractivity (Wildman–Crippen MR) is 76.7 cm³/mol. The Hall–Kier alpha value is -1.94. The third-order valence-corrected chi connectivity index (χ3v) is 3.59. The Morgan fingerprint density at radius 1 is 1.24 bits per heavy atom. The van der Waals surface area contributed by atoms with E-state index in [2.05, 4.69) is 4.74 Å². The summed E-state index contributed by atoms with van der Waals surface area (Å²) < 4.78 is 32.6. The lowest BCUT2D eigenvalue weighted by atomic mass is 9.96. The summed E-state index contributed by atoms with van der Waals surface area (Å²) in [7, 11) is 1.19. The van der Waals surface area contributed by atoms with E-state index in [1.54, 1.807) is 24.3 Å². The van der Waals surface area contributed by atoms with E-state index in [1.807, 2.05) is 0 Å². The molecule has 0 radical (unpaired) electrons. The maximum Gasteiger partial charge on any atom is 0.338 e. The first-order chi connectivity index (χ1) is 9.95. The predicted octanol–water partition coefficient (Wildman–Crippen LogP) is 4.30. The van der Waals surface area contributed by atoms with E-state index >= 15 is 0 Å². The maximum absolute atomic E-state index is 14.2. The fourth-order valence-corrected chi connectivity index (χ4v) is 2.29. The molecule has 5 heteroatoms. The van der Waals surface area contributed by atoms with Crippen LogP contribution in [0, 0.1) is 18.6 Å². The third-order valence-electron chi connectivity index (χ3n) is 3.22. The lowest BCUT2D eigenvalue weighted by molar-refractivity contribution is 0.0598. The number of carbonyl (C=O) groups excluding carboxylic acids is 1. The van der Waals surface area contributed by atoms with Gasteiger partial charge in [0.1, 0.15) is 0 Å². The molecule has 0 spiro atoms. The van der Waals surface area contributed by atoms with Gasteiger partial charge in [-0.1, -0.05) is 29.8 Å². The minimum atomic E-state index is -1.05. The minimum Gasteiger partial charge on any atom is -0.465 e. The molecule has 0 unspecified atom stereocenters. The number of ether oxygens (including phenoxy) is 1. The maximum atomic E-state index is 14.2. The highest BCUT2D eigenvalue weighted by molar-refractivity contribution is 6.31. The molecular formula is C16H13ClF2O2. The van der Waals surface area contributed by atoms with Crippen molar-refractivity contribution in [2.24, 2.45) is 0 Å². The van der Waals surface area contributed by atoms with Crippen molar-refractivity contribution in [3.8, 4) is 0 Å². The Morgan fingerprint density at radius 2 is 1.90 bits per heavy atom. The number of benzene rings is 2. The van der Waals surface area contributed by atoms with Crippen molar-refractivity contribution in [3.63, 3.8) is 0 Å². The minimum absolute atomic E-state index is 0.00708. The second-order valence-electron chi connectivity index (χ2n) is 4.61. The van der Waals surface area contributed by atoms with Gasteiger partial charge in [0.15, 0.2) is 11.6 Å². The second kappa shape index (κ2) is 6.22. The third kappa shape index (κ3) is 3.05. The molecule has 0 aliphatic carbocycles. The summed E-state index contributed by atoms with van der Waals surface area (Å²) in [5.74, 6) is -2.72. The van der Waals surface area contributed by atoms with Gasteiger partial charge in [0.25, 0.3) is 0 Å². The van der Waals surface area contributed by atoms with E-state index in [-0.39, 0.29) is 23.1 Å². The van der Waals surface area contributed by atoms with Crippen LogP contribution in [0.25, 0.3) is 0 Å². The summed E-state index contributed by atoms with van der Waals surface area (Å²) in [6, 6.07) is 8.11. The molecule has 0 N–H and O–H groups in total. The Labute approximate surface area is 126 Å². The summed E-state index contributed by atoms with van der Waals surface area (Å²) in [6.07, 6.45) is 0.00708. The van der Waals surface area contributed by atoms with Crippen LogP contribution in [-0.4, -0.2) is 13.1 Å². The zero-order valence-corrected chi connectivity index (χ0v) is 12.3. The van der Waals surface area contributed by atoms with Gasteiger partial charge in [-0.15, -0.1) is 0 Å². The summed E-state index contributed by atoms with van der Waals surface area (Å²) in [6.45, 7) is 1.39. The highest BCUT2D eigenvalue weighted by Crippen LogP contribution is 2.26. The van der Waals surface area contributed by atoms with Crippen molar-refractivity contribution in [2.75, 3.05) is 7.11 Å². The Balaban J connectivity index is 2.59. The zero-order valence-electron chi connectivity index (χ0n) is 11.5. The molecule has 2 aromatic rings. The molecule has 0 bridgehead atoms. The second-order valence-corrected chi connectivity index (χ2v) is 5.01. The average molecular weight is 311 g/mol. The van der Waals surface area contributed by atoms with E-state index in [4.69, 9.17) is 11.6 Å². The number of rotatable bonds is 3. The van der Waals surface area contributed by atoms with Gasteiger partial charge in [0.05, 0.1) is 12.7 Å². The van der Waals surface area contributed by atoms with Crippen molar-refractivity contribution >= 4 is 17.6 Å². The van der Waals surface area contributed by atoms with Crippen molar-refractivity contribution in [2.45, 2.75) is 13.3 Å². The molecule has 0 aromatic heterocycles. The van der Waals surface area contributed by atoms with Gasteiger partial charge < -0.3 is 4.74 Å². The number of halogens is 3. The molecule has 0 saturated carbocycles. The van der Waals surface area contributed by atoms with Crippen LogP contribution in [0.5, 0.6) is 0 Å². The monoisotopic (exact) mass is 310 g/mol. The first-order valence-corrected chi connectivity index (χ1v) is 6.62. The number of esters is 1. The summed E-state index contributed by atoms with van der Waals surface area (Å²) in [5, 5.41) is 0.425. The Kier molecular flexibility index (Phi) is 4.58. The van der Waals surface area contributed by atoms with Gasteiger partial charge in [-0.25, -0.2) is 13.6 Å². The van der Waals surface area contributed by atoms with Crippen LogP contribution in [0.15, 0.2) is 30.3 Å². The van der Waals surface area contributed by atoms with Crippen molar-refractivity contribution in [1.29, 1.82) is 0 Å². The largest absolute Gasteiger partial charge is 0.465 e. The number of aryl methyl sites for hydroxylation is 1. The van der Waals surface area contributed by atoms with Crippen LogP contribution < -0.4 is 0 Å². The van der Waals surface area contributed by atoms with E-state index in [9.17, 15) is 13.6 Å². The van der Waals surface area contributed by atoms with Gasteiger partial charge >= 0.3 is 5.97 Å². The molecular weight excluding hydrogens is 298 g/mol. The molecule has 2 aromatic carbocycles. The first-order valence-electron chi connectivity index (χ1n) is 6.25. The van der Waals surface area contributed by atoms with Gasteiger partial charge in [-0.2, -0.15) is 0 Å². The normalized spacial score (nSPS) is 10.5. The molecule has 110 valence electrons. The van der Waals surface area contributed by atoms with Crippen molar-refractivity contribution in [1.82, 2.24) is 0 Å². The van der Waals surface area contributed by atoms with Crippen LogP contribution in [0.3, 0.4) is 0 Å². The van der Waals surface area contributed by atoms with E-state index in [0.29, 0.717) is 10.6 Å². The topological polar surface area (TPSA) is 26.3 Å². The van der Waals surface area contributed by atoms with Gasteiger partial charge in [0.2, 0.25) is 0 Å². The fourth-order valence-electron chi connectivity index (χ4n) is 2.09. The Morgan fingerprint density at radius 3 is 2.52 bits per heavy atom. The molecule has 0 saturated heterocycles. The molecule has 0 aliphatic rings. The SMILES string of the molecule is COC(=O)c1cc(C)c(F)c(F)c1Cc1ccccc1Cl. The first kappa shape index (κ1) is 15.4. The van der Waals surface area contributed by atoms with E-state index in [1.165, 1.54) is 20.1 Å². The molecule has 0 fully saturated rings. The average Bonchev–Trinajstić information content (AvgIpc) is 2.48. The highest BCUT2D eigenvalue weighted by atomic mass is 35.5. The number of hydrogen-bond donors (Lipinski definition) is 0. The highest BCUT2D eigenvalue weighted by Gasteiger charge is 2.22. The van der Waals surface area contributed by atoms with E-state index in [0.717, 1.165) is 0 Å². The van der Waals surface area contributed by atoms with Gasteiger partial charge in [0, 0.05) is 17.0 Å². The van der Waals surface area contributed by atoms with Crippen molar-refractivity contribution in [3.05, 3.63) is 69.2 Å². The van der Waals surface area contributed by atoms with Crippen LogP contribution in [-0.2, 0) is 11.2 Å². The summed E-state index contributed by atoms with van der Waals surface area (Å²) in [4.78, 5) is 11.8. The van der Waals surface area contributed by atoms with Crippen LogP contribution in [0.4, 0.5) is 8.78 Å². The molecule has 0 aliphatic heterocycles. The number of methoxy groups -OCH3 is 1. The lowest BCUT2D eigenvalue weighted by Gasteiger charge is -2.12. The molecule has 0 atom stereocenters. The smallest absolute Gasteiger partial charge is 0.338 e. The van der Waals surface area contributed by atoms with Crippen LogP contribution in [0.2, 0.25) is 5.02 Å². The lowest BCUT2D eigenvalue weighted by Crippen LogP contribution is -2.11. The zero-order chi connectivity index (χ0) is 15.6. The van der Waals surface area contributed by atoms with Gasteiger partial charge in [-0.3, -0.25) is 0 Å². The summed E-state index contributed by atoms with van der Waals surface area (Å²) >= 11 is 6.03. The number of carbonyl (C=O) groups is 1. The molecule has 2 rings (SSSR count). The van der Waals surface area contributed by atoms with Crippen LogP contribution in [0.1, 0.15) is 27.0 Å². The fraction of sp³-hybridized carbons (Fsp3) is 0.188. The van der Waals surface area contributed by atoms with E-state index < -0.39 is 17.6 Å².